The Labute approximate surface area is 128 Å². The molecule has 1 rings (SSSR count). The zero-order valence-corrected chi connectivity index (χ0v) is 14.7. The summed E-state index contributed by atoms with van der Waals surface area (Å²) in [5.74, 6) is 0.114. The van der Waals surface area contributed by atoms with Crippen molar-refractivity contribution in [3.05, 3.63) is 10.6 Å². The maximum atomic E-state index is 12.3. The molecule has 1 aromatic rings. The van der Waals surface area contributed by atoms with Crippen molar-refractivity contribution in [2.24, 2.45) is 0 Å². The van der Waals surface area contributed by atoms with E-state index in [1.165, 1.54) is 0 Å². The second-order valence-corrected chi connectivity index (χ2v) is 6.37. The van der Waals surface area contributed by atoms with E-state index < -0.39 is 0 Å². The lowest BCUT2D eigenvalue weighted by Gasteiger charge is -2.29. The Morgan fingerprint density at radius 3 is 2.50 bits per heavy atom. The van der Waals surface area contributed by atoms with Gasteiger partial charge in [-0.15, -0.1) is 5.10 Å². The SMILES string of the molecule is CCC(CBr)(CBr)NC(=O)c1snnc1C(C)C. The number of aromatic nitrogens is 2. The third kappa shape index (κ3) is 3.51. The standard InChI is InChI=1S/C11H17Br2N3OS/c1-4-11(5-12,6-13)14-10(17)9-8(7(2)3)15-16-18-9/h7H,4-6H2,1-3H3,(H,14,17). The molecule has 0 aliphatic rings. The number of rotatable bonds is 6. The summed E-state index contributed by atoms with van der Waals surface area (Å²) in [6.07, 6.45) is 0.846. The zero-order chi connectivity index (χ0) is 13.8. The lowest BCUT2D eigenvalue weighted by atomic mass is 10.0. The first kappa shape index (κ1) is 16.0. The van der Waals surface area contributed by atoms with Gasteiger partial charge in [-0.05, 0) is 23.9 Å². The van der Waals surface area contributed by atoms with Crippen LogP contribution in [0.25, 0.3) is 0 Å². The Balaban J connectivity index is 2.91. The first-order chi connectivity index (χ1) is 8.49. The molecule has 0 aliphatic heterocycles. The van der Waals surface area contributed by atoms with Crippen molar-refractivity contribution in [3.63, 3.8) is 0 Å². The van der Waals surface area contributed by atoms with E-state index in [1.54, 1.807) is 0 Å². The normalized spacial score (nSPS) is 11.9. The highest BCUT2D eigenvalue weighted by Gasteiger charge is 2.30. The molecular weight excluding hydrogens is 382 g/mol. The van der Waals surface area contributed by atoms with Crippen LogP contribution < -0.4 is 5.32 Å². The Hall–Kier alpha value is -0.0100. The van der Waals surface area contributed by atoms with E-state index in [0.717, 1.165) is 23.6 Å². The van der Waals surface area contributed by atoms with Crippen molar-refractivity contribution >= 4 is 49.3 Å². The van der Waals surface area contributed by atoms with Crippen LogP contribution in [0.5, 0.6) is 0 Å². The van der Waals surface area contributed by atoms with Gasteiger partial charge in [-0.3, -0.25) is 4.79 Å². The van der Waals surface area contributed by atoms with E-state index in [1.807, 2.05) is 13.8 Å². The highest BCUT2D eigenvalue weighted by molar-refractivity contribution is 9.09. The number of alkyl halides is 2. The fourth-order valence-corrected chi connectivity index (χ4v) is 4.13. The minimum absolute atomic E-state index is 0.0885. The summed E-state index contributed by atoms with van der Waals surface area (Å²) in [5.41, 5.74) is 0.502. The maximum absolute atomic E-state index is 12.3. The minimum atomic E-state index is -0.269. The van der Waals surface area contributed by atoms with Crippen LogP contribution in [0.1, 0.15) is 48.5 Å². The Morgan fingerprint density at radius 2 is 2.06 bits per heavy atom. The van der Waals surface area contributed by atoms with E-state index in [0.29, 0.717) is 15.5 Å². The summed E-state index contributed by atoms with van der Waals surface area (Å²) in [5, 5.41) is 8.51. The van der Waals surface area contributed by atoms with Gasteiger partial charge in [0, 0.05) is 10.7 Å². The Morgan fingerprint density at radius 1 is 1.44 bits per heavy atom. The number of carbonyl (C=O) groups excluding carboxylic acids is 1. The molecule has 0 unspecified atom stereocenters. The monoisotopic (exact) mass is 397 g/mol. The first-order valence-corrected chi connectivity index (χ1v) is 8.78. The summed E-state index contributed by atoms with van der Waals surface area (Å²) in [7, 11) is 0. The number of carbonyl (C=O) groups is 1. The van der Waals surface area contributed by atoms with Crippen LogP contribution in [0, 0.1) is 0 Å². The average Bonchev–Trinajstić information content (AvgIpc) is 2.85. The van der Waals surface area contributed by atoms with Crippen LogP contribution in [0.15, 0.2) is 0 Å². The van der Waals surface area contributed by atoms with Gasteiger partial charge in [0.25, 0.3) is 5.91 Å². The van der Waals surface area contributed by atoms with E-state index in [9.17, 15) is 4.79 Å². The Bertz CT molecular complexity index is 396. The van der Waals surface area contributed by atoms with Crippen molar-refractivity contribution in [3.8, 4) is 0 Å². The highest BCUT2D eigenvalue weighted by Crippen LogP contribution is 2.22. The molecular formula is C11H17Br2N3OS. The topological polar surface area (TPSA) is 54.9 Å². The number of hydrogen-bond donors (Lipinski definition) is 1. The summed E-state index contributed by atoms with van der Waals surface area (Å²) in [6.45, 7) is 6.07. The second kappa shape index (κ2) is 6.96. The fourth-order valence-electron chi connectivity index (χ4n) is 1.41. The number of amides is 1. The number of hydrogen-bond acceptors (Lipinski definition) is 4. The van der Waals surface area contributed by atoms with Crippen LogP contribution in [0.3, 0.4) is 0 Å². The maximum Gasteiger partial charge on any atom is 0.265 e. The van der Waals surface area contributed by atoms with Gasteiger partial charge in [0.05, 0.1) is 11.2 Å². The molecule has 7 heteroatoms. The molecule has 0 bridgehead atoms. The van der Waals surface area contributed by atoms with Gasteiger partial charge in [-0.1, -0.05) is 57.1 Å². The van der Waals surface area contributed by atoms with E-state index in [2.05, 4.69) is 53.7 Å². The molecule has 1 aromatic heterocycles. The molecule has 0 atom stereocenters. The molecule has 0 aromatic carbocycles. The van der Waals surface area contributed by atoms with Crippen LogP contribution in [0.2, 0.25) is 0 Å². The molecule has 0 fully saturated rings. The molecule has 0 saturated heterocycles. The third-order valence-electron chi connectivity index (χ3n) is 2.83. The second-order valence-electron chi connectivity index (χ2n) is 4.50. The molecule has 1 heterocycles. The molecule has 0 saturated carbocycles. The summed E-state index contributed by atoms with van der Waals surface area (Å²) in [6, 6.07) is 0. The van der Waals surface area contributed by atoms with Crippen molar-refractivity contribution in [2.75, 3.05) is 10.7 Å². The highest BCUT2D eigenvalue weighted by atomic mass is 79.9. The summed E-state index contributed by atoms with van der Waals surface area (Å²) < 4.78 is 3.88. The lowest BCUT2D eigenvalue weighted by Crippen LogP contribution is -2.51. The van der Waals surface area contributed by atoms with Gasteiger partial charge in [-0.2, -0.15) is 0 Å². The molecule has 0 aliphatic carbocycles. The van der Waals surface area contributed by atoms with E-state index in [4.69, 9.17) is 0 Å². The largest absolute Gasteiger partial charge is 0.344 e. The van der Waals surface area contributed by atoms with Crippen molar-refractivity contribution in [2.45, 2.75) is 38.6 Å². The quantitative estimate of drug-likeness (QED) is 0.747. The van der Waals surface area contributed by atoms with E-state index >= 15 is 0 Å². The van der Waals surface area contributed by atoms with Crippen LogP contribution in [-0.2, 0) is 0 Å². The van der Waals surface area contributed by atoms with Crippen LogP contribution in [-0.4, -0.2) is 31.7 Å². The molecule has 0 spiro atoms. The van der Waals surface area contributed by atoms with Crippen molar-refractivity contribution in [1.82, 2.24) is 14.9 Å². The molecule has 1 N–H and O–H groups in total. The third-order valence-corrected chi connectivity index (χ3v) is 5.72. The lowest BCUT2D eigenvalue weighted by molar-refractivity contribution is 0.0918. The average molecular weight is 399 g/mol. The number of nitrogens with zero attached hydrogens (tertiary/aromatic N) is 2. The fraction of sp³-hybridized carbons (Fsp3) is 0.727. The van der Waals surface area contributed by atoms with Gasteiger partial charge >= 0.3 is 0 Å². The smallest absolute Gasteiger partial charge is 0.265 e. The van der Waals surface area contributed by atoms with Crippen LogP contribution >= 0.6 is 43.4 Å². The van der Waals surface area contributed by atoms with Gasteiger partial charge in [0.15, 0.2) is 0 Å². The van der Waals surface area contributed by atoms with Gasteiger partial charge in [0.1, 0.15) is 4.88 Å². The summed E-state index contributed by atoms with van der Waals surface area (Å²) in [4.78, 5) is 12.9. The minimum Gasteiger partial charge on any atom is -0.344 e. The molecule has 0 radical (unpaired) electrons. The van der Waals surface area contributed by atoms with Crippen LogP contribution in [0.4, 0.5) is 0 Å². The van der Waals surface area contributed by atoms with E-state index in [-0.39, 0.29) is 17.4 Å². The molecule has 102 valence electrons. The first-order valence-electron chi connectivity index (χ1n) is 5.76. The summed E-state index contributed by atoms with van der Waals surface area (Å²) >= 11 is 8.07. The zero-order valence-electron chi connectivity index (χ0n) is 10.7. The predicted molar refractivity (Wildman–Crippen MR) is 82.1 cm³/mol. The molecule has 18 heavy (non-hydrogen) atoms. The number of nitrogens with one attached hydrogen (secondary N) is 1. The number of halogens is 2. The Kier molecular flexibility index (Phi) is 6.20. The van der Waals surface area contributed by atoms with Gasteiger partial charge in [0.2, 0.25) is 0 Å². The molecule has 1 amide bonds. The predicted octanol–water partition coefficient (Wildman–Crippen LogP) is 3.33. The van der Waals surface area contributed by atoms with Crippen molar-refractivity contribution in [1.29, 1.82) is 0 Å². The van der Waals surface area contributed by atoms with Crippen molar-refractivity contribution < 1.29 is 4.79 Å². The van der Waals surface area contributed by atoms with Gasteiger partial charge in [-0.25, -0.2) is 0 Å². The molecule has 4 nitrogen and oxygen atoms in total. The van der Waals surface area contributed by atoms with Gasteiger partial charge < -0.3 is 5.32 Å².